The molecule has 2 aromatic heterocycles. The molecule has 1 aliphatic rings. The summed E-state index contributed by atoms with van der Waals surface area (Å²) < 4.78 is 7.10. The maximum atomic E-state index is 12.8. The van der Waals surface area contributed by atoms with E-state index in [1.807, 2.05) is 37.3 Å². The molecule has 0 aliphatic carbocycles. The Morgan fingerprint density at radius 2 is 2.21 bits per heavy atom. The summed E-state index contributed by atoms with van der Waals surface area (Å²) >= 11 is 0. The third-order valence-corrected chi connectivity index (χ3v) is 5.12. The number of fused-ring (bicyclic) bond motifs is 1. The average molecular weight is 380 g/mol. The molecule has 4 rings (SSSR count). The highest BCUT2D eigenvalue weighted by Gasteiger charge is 2.27. The number of aromatic nitrogens is 4. The van der Waals surface area contributed by atoms with Crippen molar-refractivity contribution >= 4 is 17.5 Å². The van der Waals surface area contributed by atoms with Gasteiger partial charge in [0.1, 0.15) is 17.9 Å². The van der Waals surface area contributed by atoms with Crippen molar-refractivity contribution in [3.05, 3.63) is 47.9 Å². The predicted octanol–water partition coefficient (Wildman–Crippen LogP) is 1.97. The Labute approximate surface area is 163 Å². The highest BCUT2D eigenvalue weighted by molar-refractivity contribution is 5.79. The number of hydrogen-bond donors (Lipinski definition) is 1. The molecule has 8 nitrogen and oxygen atoms in total. The van der Waals surface area contributed by atoms with Gasteiger partial charge >= 0.3 is 0 Å². The van der Waals surface area contributed by atoms with Gasteiger partial charge in [-0.25, -0.2) is 4.98 Å². The van der Waals surface area contributed by atoms with Crippen LogP contribution in [0.4, 0.5) is 5.82 Å². The van der Waals surface area contributed by atoms with Crippen molar-refractivity contribution in [3.63, 3.8) is 0 Å². The van der Waals surface area contributed by atoms with Crippen molar-refractivity contribution in [2.75, 3.05) is 25.1 Å². The topological polar surface area (TPSA) is 84.6 Å². The molecule has 0 saturated carbocycles. The molecule has 3 heterocycles. The largest absolute Gasteiger partial charge is 0.496 e. The van der Waals surface area contributed by atoms with Crippen molar-refractivity contribution in [1.82, 2.24) is 24.9 Å². The molecular formula is C20H24N6O2. The van der Waals surface area contributed by atoms with Crippen LogP contribution in [0.5, 0.6) is 5.75 Å². The number of para-hydroxylation sites is 1. The van der Waals surface area contributed by atoms with E-state index in [-0.39, 0.29) is 11.8 Å². The van der Waals surface area contributed by atoms with Gasteiger partial charge < -0.3 is 15.0 Å². The molecule has 1 aliphatic heterocycles. The highest BCUT2D eigenvalue weighted by atomic mass is 16.5. The smallest absolute Gasteiger partial charge is 0.254 e. The summed E-state index contributed by atoms with van der Waals surface area (Å²) in [5, 5.41) is 7.35. The molecule has 0 unspecified atom stereocenters. The molecule has 0 radical (unpaired) electrons. The van der Waals surface area contributed by atoms with Crippen LogP contribution in [0.1, 0.15) is 24.1 Å². The monoisotopic (exact) mass is 380 g/mol. The lowest BCUT2D eigenvalue weighted by Gasteiger charge is -2.33. The number of benzene rings is 1. The summed E-state index contributed by atoms with van der Waals surface area (Å²) in [5.41, 5.74) is 1.86. The zero-order chi connectivity index (χ0) is 19.5. The lowest BCUT2D eigenvalue weighted by molar-refractivity contribution is -0.125. The minimum absolute atomic E-state index is 0.0659. The van der Waals surface area contributed by atoms with E-state index in [0.717, 1.165) is 42.2 Å². The number of carbonyl (C=O) groups is 1. The first kappa shape index (κ1) is 18.2. The molecular weight excluding hydrogens is 356 g/mol. The quantitative estimate of drug-likeness (QED) is 0.729. The van der Waals surface area contributed by atoms with Crippen LogP contribution in [0.3, 0.4) is 0 Å². The van der Waals surface area contributed by atoms with E-state index in [1.54, 1.807) is 11.6 Å². The number of rotatable bonds is 5. The molecule has 3 aromatic rings. The van der Waals surface area contributed by atoms with Gasteiger partial charge in [-0.1, -0.05) is 18.2 Å². The van der Waals surface area contributed by atoms with Gasteiger partial charge in [0.25, 0.3) is 5.78 Å². The number of piperidine rings is 1. The van der Waals surface area contributed by atoms with Crippen LogP contribution in [0.2, 0.25) is 0 Å². The Balaban J connectivity index is 1.46. The van der Waals surface area contributed by atoms with Gasteiger partial charge in [0.2, 0.25) is 5.91 Å². The number of hydrogen-bond acceptors (Lipinski definition) is 6. The van der Waals surface area contributed by atoms with Gasteiger partial charge in [-0.2, -0.15) is 14.6 Å². The van der Waals surface area contributed by atoms with E-state index in [0.29, 0.717) is 18.9 Å². The van der Waals surface area contributed by atoms with Crippen molar-refractivity contribution in [2.24, 2.45) is 5.92 Å². The molecule has 1 saturated heterocycles. The summed E-state index contributed by atoms with van der Waals surface area (Å²) in [7, 11) is 1.64. The first-order valence-corrected chi connectivity index (χ1v) is 9.47. The number of nitrogens with one attached hydrogen (secondary N) is 1. The second-order valence-electron chi connectivity index (χ2n) is 7.04. The maximum Gasteiger partial charge on any atom is 0.254 e. The molecule has 1 N–H and O–H groups in total. The number of aryl methyl sites for hydroxylation is 1. The number of anilines is 1. The standard InChI is InChI=1S/C20H24N6O2/c1-14-10-18(26-20(24-14)22-13-23-26)25-9-5-7-16(12-25)19(27)21-11-15-6-3-4-8-17(15)28-2/h3-4,6,8,10,13,16H,5,7,9,11-12H2,1-2H3,(H,21,27)/t16-/m0/s1. The van der Waals surface area contributed by atoms with Crippen molar-refractivity contribution in [2.45, 2.75) is 26.3 Å². The fourth-order valence-corrected chi connectivity index (χ4v) is 3.71. The second kappa shape index (κ2) is 7.84. The fraction of sp³-hybridized carbons (Fsp3) is 0.400. The van der Waals surface area contributed by atoms with Crippen molar-refractivity contribution in [3.8, 4) is 5.75 Å². The second-order valence-corrected chi connectivity index (χ2v) is 7.04. The van der Waals surface area contributed by atoms with Crippen molar-refractivity contribution in [1.29, 1.82) is 0 Å². The van der Waals surface area contributed by atoms with Gasteiger partial charge in [0.05, 0.1) is 13.0 Å². The fourth-order valence-electron chi connectivity index (χ4n) is 3.71. The summed E-state index contributed by atoms with van der Waals surface area (Å²) in [4.78, 5) is 23.6. The van der Waals surface area contributed by atoms with E-state index in [9.17, 15) is 4.79 Å². The minimum Gasteiger partial charge on any atom is -0.496 e. The van der Waals surface area contributed by atoms with Crippen LogP contribution in [-0.4, -0.2) is 45.7 Å². The zero-order valence-corrected chi connectivity index (χ0v) is 16.1. The Hall–Kier alpha value is -3.16. The Kier molecular flexibility index (Phi) is 5.10. The van der Waals surface area contributed by atoms with E-state index in [4.69, 9.17) is 4.74 Å². The molecule has 1 amide bonds. The maximum absolute atomic E-state index is 12.8. The molecule has 146 valence electrons. The lowest BCUT2D eigenvalue weighted by atomic mass is 9.97. The molecule has 1 atom stereocenters. The number of nitrogens with zero attached hydrogens (tertiary/aromatic N) is 5. The van der Waals surface area contributed by atoms with Crippen LogP contribution >= 0.6 is 0 Å². The third kappa shape index (κ3) is 3.62. The summed E-state index contributed by atoms with van der Waals surface area (Å²) in [6, 6.07) is 9.73. The summed E-state index contributed by atoms with van der Waals surface area (Å²) in [6.45, 7) is 3.94. The first-order chi connectivity index (χ1) is 13.7. The molecule has 0 bridgehead atoms. The number of ether oxygens (including phenoxy) is 1. The predicted molar refractivity (Wildman–Crippen MR) is 105 cm³/mol. The van der Waals surface area contributed by atoms with Crippen LogP contribution in [0, 0.1) is 12.8 Å². The minimum atomic E-state index is -0.0736. The molecule has 28 heavy (non-hydrogen) atoms. The van der Waals surface area contributed by atoms with Crippen LogP contribution in [-0.2, 0) is 11.3 Å². The first-order valence-electron chi connectivity index (χ1n) is 9.47. The highest BCUT2D eigenvalue weighted by Crippen LogP contribution is 2.24. The molecule has 1 fully saturated rings. The van der Waals surface area contributed by atoms with Gasteiger partial charge in [-0.05, 0) is 25.8 Å². The van der Waals surface area contributed by atoms with E-state index >= 15 is 0 Å². The number of carbonyl (C=O) groups excluding carboxylic acids is 1. The van der Waals surface area contributed by atoms with Crippen LogP contribution < -0.4 is 15.0 Å². The average Bonchev–Trinajstić information content (AvgIpc) is 3.20. The molecule has 0 spiro atoms. The van der Waals surface area contributed by atoms with E-state index in [2.05, 4.69) is 25.3 Å². The van der Waals surface area contributed by atoms with Gasteiger partial charge in [-0.15, -0.1) is 0 Å². The zero-order valence-electron chi connectivity index (χ0n) is 16.1. The Morgan fingerprint density at radius 3 is 3.07 bits per heavy atom. The van der Waals surface area contributed by atoms with Gasteiger partial charge in [0, 0.05) is 37.0 Å². The molecule has 8 heteroatoms. The van der Waals surface area contributed by atoms with Crippen LogP contribution in [0.25, 0.3) is 5.78 Å². The summed E-state index contributed by atoms with van der Waals surface area (Å²) in [6.07, 6.45) is 3.33. The summed E-state index contributed by atoms with van der Waals surface area (Å²) in [5.74, 6) is 2.29. The third-order valence-electron chi connectivity index (χ3n) is 5.12. The van der Waals surface area contributed by atoms with Gasteiger partial charge in [-0.3, -0.25) is 4.79 Å². The number of amides is 1. The van der Waals surface area contributed by atoms with Crippen LogP contribution in [0.15, 0.2) is 36.7 Å². The SMILES string of the molecule is COc1ccccc1CNC(=O)[C@H]1CCCN(c2cc(C)nc3ncnn23)C1. The Bertz CT molecular complexity index is 986. The molecule has 1 aromatic carbocycles. The lowest BCUT2D eigenvalue weighted by Crippen LogP contribution is -2.43. The van der Waals surface area contributed by atoms with E-state index < -0.39 is 0 Å². The number of methoxy groups -OCH3 is 1. The van der Waals surface area contributed by atoms with E-state index in [1.165, 1.54) is 6.33 Å². The Morgan fingerprint density at radius 1 is 1.36 bits per heavy atom. The van der Waals surface area contributed by atoms with Crippen molar-refractivity contribution < 1.29 is 9.53 Å². The normalized spacial score (nSPS) is 16.9. The van der Waals surface area contributed by atoms with Gasteiger partial charge in [0.15, 0.2) is 0 Å².